The fraction of sp³-hybridized carbons (Fsp3) is 0.333. The summed E-state index contributed by atoms with van der Waals surface area (Å²) in [6.45, 7) is 3.75. The number of anilines is 1. The third kappa shape index (κ3) is 4.25. The van der Waals surface area contributed by atoms with Gasteiger partial charge in [-0.05, 0) is 49.1 Å². The maximum absolute atomic E-state index is 14.6. The second-order valence-corrected chi connectivity index (χ2v) is 10.6. The highest BCUT2D eigenvalue weighted by molar-refractivity contribution is 7.90. The number of aromatic nitrogens is 5. The molecule has 4 heterocycles. The topological polar surface area (TPSA) is 93.9 Å². The Morgan fingerprint density at radius 3 is 2.41 bits per heavy atom. The summed E-state index contributed by atoms with van der Waals surface area (Å²) in [5.41, 5.74) is 2.70. The largest absolute Gasteiger partial charge is 0.341 e. The van der Waals surface area contributed by atoms with Crippen molar-refractivity contribution in [2.45, 2.75) is 37.1 Å². The fourth-order valence-corrected chi connectivity index (χ4v) is 4.95. The lowest BCUT2D eigenvalue weighted by Gasteiger charge is -2.32. The van der Waals surface area contributed by atoms with Crippen LogP contribution >= 0.6 is 0 Å². The average Bonchev–Trinajstić information content (AvgIpc) is 3.27. The molecular weight excluding hydrogens is 455 g/mol. The molecule has 0 aliphatic carbocycles. The summed E-state index contributed by atoms with van der Waals surface area (Å²) >= 11 is 0. The molecule has 10 heteroatoms. The van der Waals surface area contributed by atoms with Gasteiger partial charge in [0.05, 0.1) is 34.5 Å². The number of aryl methyl sites for hydroxylation is 1. The third-order valence-corrected chi connectivity index (χ3v) is 7.43. The van der Waals surface area contributed by atoms with Gasteiger partial charge in [0.15, 0.2) is 9.84 Å². The molecular formula is C24H25FN6O2S. The number of hydrogen-bond donors (Lipinski definition) is 0. The van der Waals surface area contributed by atoms with Gasteiger partial charge >= 0.3 is 0 Å². The van der Waals surface area contributed by atoms with Crippen molar-refractivity contribution in [2.24, 2.45) is 0 Å². The quantitative estimate of drug-likeness (QED) is 0.428. The number of halogens is 1. The molecule has 0 amide bonds. The van der Waals surface area contributed by atoms with Crippen molar-refractivity contribution >= 4 is 26.7 Å². The van der Waals surface area contributed by atoms with E-state index in [0.717, 1.165) is 67.1 Å². The monoisotopic (exact) mass is 480 g/mol. The first-order valence-corrected chi connectivity index (χ1v) is 13.1. The Kier molecular flexibility index (Phi) is 5.76. The van der Waals surface area contributed by atoms with Gasteiger partial charge < -0.3 is 4.90 Å². The number of fused-ring (bicyclic) bond motifs is 1. The molecule has 0 spiro atoms. The highest BCUT2D eigenvalue weighted by atomic mass is 32.2. The van der Waals surface area contributed by atoms with E-state index in [-0.39, 0.29) is 16.5 Å². The lowest BCUT2D eigenvalue weighted by atomic mass is 10.1. The van der Waals surface area contributed by atoms with Gasteiger partial charge in [0.25, 0.3) is 0 Å². The van der Waals surface area contributed by atoms with Gasteiger partial charge in [-0.1, -0.05) is 6.92 Å². The summed E-state index contributed by atoms with van der Waals surface area (Å²) in [6, 6.07) is 5.90. The number of rotatable bonds is 5. The van der Waals surface area contributed by atoms with Crippen molar-refractivity contribution < 1.29 is 12.8 Å². The SMILES string of the molecule is CCc1cnc(N2CCC(n3ncc4cc(-c5ccc(S(C)(=O)=O)cc5F)ncc43)CC2)nc1. The van der Waals surface area contributed by atoms with E-state index in [1.54, 1.807) is 18.5 Å². The molecule has 8 nitrogen and oxygen atoms in total. The van der Waals surface area contributed by atoms with E-state index in [4.69, 9.17) is 0 Å². The van der Waals surface area contributed by atoms with Gasteiger partial charge in [0.1, 0.15) is 5.82 Å². The molecule has 1 aliphatic heterocycles. The minimum absolute atomic E-state index is 0.0549. The van der Waals surface area contributed by atoms with Crippen LogP contribution in [0.5, 0.6) is 0 Å². The number of benzene rings is 1. The molecule has 34 heavy (non-hydrogen) atoms. The fourth-order valence-electron chi connectivity index (χ4n) is 4.32. The zero-order valence-corrected chi connectivity index (χ0v) is 19.8. The van der Waals surface area contributed by atoms with Crippen LogP contribution in [0.25, 0.3) is 22.2 Å². The van der Waals surface area contributed by atoms with Crippen LogP contribution in [0.4, 0.5) is 10.3 Å². The zero-order chi connectivity index (χ0) is 23.9. The first kappa shape index (κ1) is 22.4. The lowest BCUT2D eigenvalue weighted by Crippen LogP contribution is -2.36. The van der Waals surface area contributed by atoms with Crippen LogP contribution in [-0.2, 0) is 16.3 Å². The molecule has 0 radical (unpaired) electrons. The summed E-state index contributed by atoms with van der Waals surface area (Å²) in [7, 11) is -3.48. The van der Waals surface area contributed by atoms with E-state index < -0.39 is 15.7 Å². The van der Waals surface area contributed by atoms with Gasteiger partial charge in [-0.2, -0.15) is 5.10 Å². The summed E-state index contributed by atoms with van der Waals surface area (Å²) in [6.07, 6.45) is 11.0. The second kappa shape index (κ2) is 8.75. The predicted octanol–water partition coefficient (Wildman–Crippen LogP) is 3.83. The van der Waals surface area contributed by atoms with Crippen LogP contribution in [0, 0.1) is 5.82 Å². The summed E-state index contributed by atoms with van der Waals surface area (Å²) in [4.78, 5) is 15.6. The molecule has 1 aromatic carbocycles. The Hall–Kier alpha value is -3.40. The standard InChI is InChI=1S/C24H25FN6O2S/c1-3-16-12-27-24(28-13-16)30-8-6-18(7-9-30)31-23-15-26-22(10-17(23)14-29-31)20-5-4-19(11-21(20)25)34(2,32)33/h4-5,10-15,18H,3,6-9H2,1-2H3. The highest BCUT2D eigenvalue weighted by Crippen LogP contribution is 2.30. The van der Waals surface area contributed by atoms with Crippen LogP contribution in [-0.4, -0.2) is 52.5 Å². The van der Waals surface area contributed by atoms with Gasteiger partial charge in [-0.3, -0.25) is 9.67 Å². The average molecular weight is 481 g/mol. The second-order valence-electron chi connectivity index (χ2n) is 8.59. The molecule has 4 aromatic rings. The Labute approximate surface area is 197 Å². The van der Waals surface area contributed by atoms with Crippen molar-refractivity contribution in [3.63, 3.8) is 0 Å². The molecule has 5 rings (SSSR count). The smallest absolute Gasteiger partial charge is 0.225 e. The Morgan fingerprint density at radius 1 is 1.03 bits per heavy atom. The van der Waals surface area contributed by atoms with Crippen molar-refractivity contribution in [2.75, 3.05) is 24.2 Å². The Balaban J connectivity index is 1.34. The number of pyridine rings is 1. The molecule has 0 N–H and O–H groups in total. The maximum Gasteiger partial charge on any atom is 0.225 e. The van der Waals surface area contributed by atoms with Crippen LogP contribution in [0.3, 0.4) is 0 Å². The summed E-state index contributed by atoms with van der Waals surface area (Å²) in [5, 5.41) is 5.46. The van der Waals surface area contributed by atoms with Gasteiger partial charge in [0, 0.05) is 42.7 Å². The van der Waals surface area contributed by atoms with E-state index in [1.807, 2.05) is 17.1 Å². The first-order chi connectivity index (χ1) is 16.3. The van der Waals surface area contributed by atoms with Gasteiger partial charge in [-0.25, -0.2) is 22.8 Å². The minimum atomic E-state index is -3.48. The maximum atomic E-state index is 14.6. The molecule has 0 bridgehead atoms. The summed E-state index contributed by atoms with van der Waals surface area (Å²) < 4.78 is 40.0. The number of piperidine rings is 1. The van der Waals surface area contributed by atoms with Crippen molar-refractivity contribution in [3.8, 4) is 11.3 Å². The van der Waals surface area contributed by atoms with E-state index >= 15 is 0 Å². The van der Waals surface area contributed by atoms with Crippen molar-refractivity contribution in [1.29, 1.82) is 0 Å². The minimum Gasteiger partial charge on any atom is -0.341 e. The van der Waals surface area contributed by atoms with Crippen LogP contribution in [0.1, 0.15) is 31.4 Å². The molecule has 176 valence electrons. The molecule has 0 unspecified atom stereocenters. The van der Waals surface area contributed by atoms with Crippen molar-refractivity contribution in [1.82, 2.24) is 24.7 Å². The first-order valence-electron chi connectivity index (χ1n) is 11.2. The molecule has 0 atom stereocenters. The van der Waals surface area contributed by atoms with Crippen LogP contribution < -0.4 is 4.90 Å². The normalized spacial score (nSPS) is 15.2. The highest BCUT2D eigenvalue weighted by Gasteiger charge is 2.24. The Morgan fingerprint density at radius 2 is 1.76 bits per heavy atom. The van der Waals surface area contributed by atoms with E-state index in [2.05, 4.69) is 31.9 Å². The zero-order valence-electron chi connectivity index (χ0n) is 19.0. The number of sulfone groups is 1. The summed E-state index contributed by atoms with van der Waals surface area (Å²) in [5.74, 6) is 0.139. The molecule has 3 aromatic heterocycles. The van der Waals surface area contributed by atoms with Crippen LogP contribution in [0.15, 0.2) is 53.9 Å². The van der Waals surface area contributed by atoms with E-state index in [0.29, 0.717) is 5.69 Å². The van der Waals surface area contributed by atoms with Crippen LogP contribution in [0.2, 0.25) is 0 Å². The molecule has 1 aliphatic rings. The lowest BCUT2D eigenvalue weighted by molar-refractivity contribution is 0.373. The van der Waals surface area contributed by atoms with Gasteiger partial charge in [-0.15, -0.1) is 0 Å². The number of hydrogen-bond acceptors (Lipinski definition) is 7. The predicted molar refractivity (Wildman–Crippen MR) is 128 cm³/mol. The van der Waals surface area contributed by atoms with E-state index in [1.165, 1.54) is 12.1 Å². The number of nitrogens with zero attached hydrogens (tertiary/aromatic N) is 6. The molecule has 1 saturated heterocycles. The van der Waals surface area contributed by atoms with E-state index in [9.17, 15) is 12.8 Å². The Bertz CT molecular complexity index is 1440. The van der Waals surface area contributed by atoms with Crippen molar-refractivity contribution in [3.05, 3.63) is 60.4 Å². The third-order valence-electron chi connectivity index (χ3n) is 6.32. The molecule has 1 fully saturated rings. The van der Waals surface area contributed by atoms with Gasteiger partial charge in [0.2, 0.25) is 5.95 Å². The molecule has 0 saturated carbocycles.